The second-order valence-electron chi connectivity index (χ2n) is 7.70. The number of hydrogen-bond donors (Lipinski definition) is 3. The van der Waals surface area contributed by atoms with Crippen LogP contribution in [-0.2, 0) is 4.79 Å². The summed E-state index contributed by atoms with van der Waals surface area (Å²) in [4.78, 5) is 12.0. The summed E-state index contributed by atoms with van der Waals surface area (Å²) >= 11 is 0. The highest BCUT2D eigenvalue weighted by atomic mass is 16.3. The number of carbonyl (C=O) groups excluding carboxylic acids is 1. The first kappa shape index (κ1) is 26.1. The van der Waals surface area contributed by atoms with Crippen molar-refractivity contribution in [3.8, 4) is 0 Å². The predicted octanol–water partition coefficient (Wildman–Crippen LogP) is 5.27. The van der Waals surface area contributed by atoms with Crippen LogP contribution in [0.25, 0.3) is 0 Å². The summed E-state index contributed by atoms with van der Waals surface area (Å²) in [6.45, 7) is 4.18. The van der Waals surface area contributed by atoms with Crippen LogP contribution in [0.2, 0.25) is 0 Å². The molecule has 3 N–H and O–H groups in total. The molecule has 4 nitrogen and oxygen atoms in total. The first-order valence-corrected chi connectivity index (χ1v) is 11.4. The third-order valence-electron chi connectivity index (χ3n) is 5.02. The van der Waals surface area contributed by atoms with Crippen LogP contribution < -0.4 is 5.32 Å². The molecule has 0 aliphatic carbocycles. The smallest absolute Gasteiger partial charge is 0.220 e. The second kappa shape index (κ2) is 19.9. The van der Waals surface area contributed by atoms with Crippen LogP contribution >= 0.6 is 0 Å². The van der Waals surface area contributed by atoms with Crippen molar-refractivity contribution in [2.75, 3.05) is 6.61 Å². The third-order valence-corrected chi connectivity index (χ3v) is 5.02. The van der Waals surface area contributed by atoms with Crippen molar-refractivity contribution in [1.29, 1.82) is 0 Å². The molecule has 0 aromatic rings. The minimum atomic E-state index is -0.826. The van der Waals surface area contributed by atoms with Crippen LogP contribution in [0.3, 0.4) is 0 Å². The largest absolute Gasteiger partial charge is 0.394 e. The maximum absolute atomic E-state index is 12.0. The highest BCUT2D eigenvalue weighted by Gasteiger charge is 2.17. The fourth-order valence-electron chi connectivity index (χ4n) is 3.17. The van der Waals surface area contributed by atoms with E-state index in [-0.39, 0.29) is 12.5 Å². The van der Waals surface area contributed by atoms with E-state index in [1.54, 1.807) is 6.08 Å². The lowest BCUT2D eigenvalue weighted by molar-refractivity contribution is -0.123. The Bertz CT molecular complexity index is 358. The zero-order valence-corrected chi connectivity index (χ0v) is 17.9. The van der Waals surface area contributed by atoms with Gasteiger partial charge in [0.05, 0.1) is 18.8 Å². The zero-order valence-electron chi connectivity index (χ0n) is 17.9. The number of unbranched alkanes of at least 4 members (excludes halogenated alkanes) is 12. The molecule has 2 atom stereocenters. The minimum Gasteiger partial charge on any atom is -0.394 e. The molecule has 160 valence electrons. The number of carbonyl (C=O) groups is 1. The van der Waals surface area contributed by atoms with E-state index in [1.807, 2.05) is 6.08 Å². The molecule has 0 rings (SSSR count). The molecule has 27 heavy (non-hydrogen) atoms. The van der Waals surface area contributed by atoms with Crippen molar-refractivity contribution < 1.29 is 15.0 Å². The van der Waals surface area contributed by atoms with Crippen molar-refractivity contribution in [3.05, 3.63) is 12.2 Å². The van der Waals surface area contributed by atoms with Gasteiger partial charge in [-0.3, -0.25) is 4.79 Å². The van der Waals surface area contributed by atoms with Gasteiger partial charge in [-0.2, -0.15) is 0 Å². The van der Waals surface area contributed by atoms with Gasteiger partial charge in [-0.15, -0.1) is 0 Å². The molecule has 0 aliphatic heterocycles. The van der Waals surface area contributed by atoms with E-state index in [0.29, 0.717) is 6.42 Å². The summed E-state index contributed by atoms with van der Waals surface area (Å²) in [7, 11) is 0. The average Bonchev–Trinajstić information content (AvgIpc) is 2.67. The van der Waals surface area contributed by atoms with E-state index in [2.05, 4.69) is 19.2 Å². The molecule has 2 unspecified atom stereocenters. The highest BCUT2D eigenvalue weighted by molar-refractivity contribution is 5.76. The van der Waals surface area contributed by atoms with Crippen molar-refractivity contribution >= 4 is 5.91 Å². The number of nitrogens with one attached hydrogen (secondary N) is 1. The van der Waals surface area contributed by atoms with Crippen LogP contribution in [0, 0.1) is 0 Å². The number of amides is 1. The SMILES string of the molecule is CCCCCCC/C=C/C(O)C(CO)NC(=O)CCCCCCCCCC. The number of aliphatic hydroxyl groups is 2. The second-order valence-corrected chi connectivity index (χ2v) is 7.70. The van der Waals surface area contributed by atoms with Crippen LogP contribution in [-0.4, -0.2) is 34.9 Å². The van der Waals surface area contributed by atoms with Crippen LogP contribution in [0.1, 0.15) is 110 Å². The molecule has 0 fully saturated rings. The van der Waals surface area contributed by atoms with E-state index < -0.39 is 12.1 Å². The van der Waals surface area contributed by atoms with Crippen LogP contribution in [0.5, 0.6) is 0 Å². The Morgan fingerprint density at radius 1 is 0.852 bits per heavy atom. The molecule has 0 saturated heterocycles. The van der Waals surface area contributed by atoms with Gasteiger partial charge < -0.3 is 15.5 Å². The van der Waals surface area contributed by atoms with Crippen LogP contribution in [0.15, 0.2) is 12.2 Å². The standard InChI is InChI=1S/C23H45NO3/c1-3-5-7-9-11-13-15-17-19-23(27)24-21(20-25)22(26)18-16-14-12-10-8-6-4-2/h16,18,21-22,25-26H,3-15,17,19-20H2,1-2H3,(H,24,27)/b18-16+. The molecule has 0 heterocycles. The quantitative estimate of drug-likeness (QED) is 0.210. The van der Waals surface area contributed by atoms with Crippen molar-refractivity contribution in [3.63, 3.8) is 0 Å². The molecule has 0 bridgehead atoms. The van der Waals surface area contributed by atoms with Crippen LogP contribution in [0.4, 0.5) is 0 Å². The van der Waals surface area contributed by atoms with Gasteiger partial charge >= 0.3 is 0 Å². The Kier molecular flexibility index (Phi) is 19.2. The lowest BCUT2D eigenvalue weighted by Gasteiger charge is -2.20. The van der Waals surface area contributed by atoms with Crippen molar-refractivity contribution in [2.45, 2.75) is 122 Å². The van der Waals surface area contributed by atoms with E-state index >= 15 is 0 Å². The predicted molar refractivity (Wildman–Crippen MR) is 115 cm³/mol. The molecule has 4 heteroatoms. The Morgan fingerprint density at radius 3 is 1.93 bits per heavy atom. The topological polar surface area (TPSA) is 69.6 Å². The minimum absolute atomic E-state index is 0.0768. The molecular weight excluding hydrogens is 338 g/mol. The lowest BCUT2D eigenvalue weighted by Crippen LogP contribution is -2.45. The monoisotopic (exact) mass is 383 g/mol. The van der Waals surface area contributed by atoms with Crippen molar-refractivity contribution in [2.24, 2.45) is 0 Å². The first-order chi connectivity index (χ1) is 13.2. The van der Waals surface area contributed by atoms with Gasteiger partial charge in [0.1, 0.15) is 0 Å². The summed E-state index contributed by atoms with van der Waals surface area (Å²) in [6, 6.07) is -0.608. The molecule has 0 aromatic heterocycles. The zero-order chi connectivity index (χ0) is 20.2. The normalized spacial score (nSPS) is 13.8. The summed E-state index contributed by atoms with van der Waals surface area (Å²) in [5, 5.41) is 22.4. The molecule has 0 saturated carbocycles. The van der Waals surface area contributed by atoms with Crippen molar-refractivity contribution in [1.82, 2.24) is 5.32 Å². The molecule has 1 amide bonds. The fraction of sp³-hybridized carbons (Fsp3) is 0.870. The lowest BCUT2D eigenvalue weighted by atomic mass is 10.1. The van der Waals surface area contributed by atoms with E-state index in [1.165, 1.54) is 64.2 Å². The van der Waals surface area contributed by atoms with Gasteiger partial charge in [-0.05, 0) is 19.3 Å². The van der Waals surface area contributed by atoms with Gasteiger partial charge in [0.25, 0.3) is 0 Å². The van der Waals surface area contributed by atoms with Gasteiger partial charge in [0, 0.05) is 6.42 Å². The average molecular weight is 384 g/mol. The maximum Gasteiger partial charge on any atom is 0.220 e. The maximum atomic E-state index is 12.0. The fourth-order valence-corrected chi connectivity index (χ4v) is 3.17. The number of rotatable bonds is 19. The Morgan fingerprint density at radius 2 is 1.37 bits per heavy atom. The molecule has 0 aromatic carbocycles. The molecule has 0 radical (unpaired) electrons. The van der Waals surface area contributed by atoms with Gasteiger partial charge in [-0.1, -0.05) is 96.6 Å². The highest BCUT2D eigenvalue weighted by Crippen LogP contribution is 2.10. The van der Waals surface area contributed by atoms with E-state index in [9.17, 15) is 15.0 Å². The number of hydrogen-bond acceptors (Lipinski definition) is 3. The van der Waals surface area contributed by atoms with Gasteiger partial charge in [0.15, 0.2) is 0 Å². The summed E-state index contributed by atoms with van der Waals surface area (Å²) in [5.41, 5.74) is 0. The van der Waals surface area contributed by atoms with E-state index in [0.717, 1.165) is 25.7 Å². The third kappa shape index (κ3) is 17.0. The summed E-state index contributed by atoms with van der Waals surface area (Å²) < 4.78 is 0. The number of allylic oxidation sites excluding steroid dienone is 1. The Labute approximate surface area is 167 Å². The number of aliphatic hydroxyl groups excluding tert-OH is 2. The molecule has 0 aliphatic rings. The summed E-state index contributed by atoms with van der Waals surface area (Å²) in [5.74, 6) is -0.0768. The Balaban J connectivity index is 3.80. The molecule has 0 spiro atoms. The Hall–Kier alpha value is -0.870. The van der Waals surface area contributed by atoms with E-state index in [4.69, 9.17) is 0 Å². The summed E-state index contributed by atoms with van der Waals surface area (Å²) in [6.07, 6.45) is 20.0. The van der Waals surface area contributed by atoms with Gasteiger partial charge in [0.2, 0.25) is 5.91 Å². The molecular formula is C23H45NO3. The first-order valence-electron chi connectivity index (χ1n) is 11.4. The van der Waals surface area contributed by atoms with Gasteiger partial charge in [-0.25, -0.2) is 0 Å².